The van der Waals surface area contributed by atoms with Gasteiger partial charge in [0, 0.05) is 31.9 Å². The maximum absolute atomic E-state index is 12.3. The number of carbonyl (C=O) groups is 1. The highest BCUT2D eigenvalue weighted by Crippen LogP contribution is 2.22. The van der Waals surface area contributed by atoms with Crippen LogP contribution in [-0.2, 0) is 4.79 Å². The molecule has 2 aliphatic heterocycles. The monoisotopic (exact) mass is 276 g/mol. The number of nitrogens with one attached hydrogen (secondary N) is 1. The fourth-order valence-electron chi connectivity index (χ4n) is 3.34. The average Bonchev–Trinajstić information content (AvgIpc) is 3.18. The van der Waals surface area contributed by atoms with Crippen LogP contribution in [0, 0.1) is 5.92 Å². The van der Waals surface area contributed by atoms with E-state index >= 15 is 0 Å². The maximum Gasteiger partial charge on any atom is 0.222 e. The van der Waals surface area contributed by atoms with Crippen molar-refractivity contribution in [1.29, 1.82) is 0 Å². The molecule has 3 rings (SSSR count). The van der Waals surface area contributed by atoms with Gasteiger partial charge in [-0.25, -0.2) is 0 Å². The van der Waals surface area contributed by atoms with Crippen LogP contribution in [0.4, 0.5) is 0 Å². The molecule has 1 aromatic rings. The predicted octanol–water partition coefficient (Wildman–Crippen LogP) is 1.44. The molecule has 0 radical (unpaired) electrons. The second kappa shape index (κ2) is 6.39. The van der Waals surface area contributed by atoms with Crippen LogP contribution in [0.15, 0.2) is 18.5 Å². The van der Waals surface area contributed by atoms with Crippen LogP contribution in [0.3, 0.4) is 0 Å². The summed E-state index contributed by atoms with van der Waals surface area (Å²) in [7, 11) is 0. The molecule has 110 valence electrons. The van der Waals surface area contributed by atoms with E-state index in [-0.39, 0.29) is 0 Å². The molecule has 0 saturated carbocycles. The van der Waals surface area contributed by atoms with E-state index in [9.17, 15) is 4.79 Å². The lowest BCUT2D eigenvalue weighted by Crippen LogP contribution is -2.40. The largest absolute Gasteiger partial charge is 0.341 e. The van der Waals surface area contributed by atoms with E-state index in [1.165, 1.54) is 6.42 Å². The molecule has 20 heavy (non-hydrogen) atoms. The van der Waals surface area contributed by atoms with Crippen molar-refractivity contribution in [3.8, 4) is 0 Å². The van der Waals surface area contributed by atoms with Crippen molar-refractivity contribution in [2.24, 2.45) is 5.92 Å². The minimum absolute atomic E-state index is 0.328. The van der Waals surface area contributed by atoms with Crippen molar-refractivity contribution < 1.29 is 4.79 Å². The van der Waals surface area contributed by atoms with Gasteiger partial charge in [0.1, 0.15) is 0 Å². The van der Waals surface area contributed by atoms with Gasteiger partial charge in [-0.05, 0) is 50.8 Å². The first-order valence-electron chi connectivity index (χ1n) is 7.80. The van der Waals surface area contributed by atoms with Crippen molar-refractivity contribution in [3.05, 3.63) is 18.5 Å². The molecule has 2 saturated heterocycles. The van der Waals surface area contributed by atoms with E-state index in [2.05, 4.69) is 10.4 Å². The third-order valence-corrected chi connectivity index (χ3v) is 4.58. The molecule has 0 spiro atoms. The summed E-state index contributed by atoms with van der Waals surface area (Å²) in [6.45, 7) is 3.94. The lowest BCUT2D eigenvalue weighted by molar-refractivity contribution is -0.133. The highest BCUT2D eigenvalue weighted by Gasteiger charge is 2.25. The molecule has 2 fully saturated rings. The molecule has 2 atom stereocenters. The first-order valence-corrected chi connectivity index (χ1v) is 7.80. The zero-order valence-electron chi connectivity index (χ0n) is 12.0. The van der Waals surface area contributed by atoms with Crippen molar-refractivity contribution in [2.45, 2.75) is 38.1 Å². The molecule has 2 unspecified atom stereocenters. The first kappa shape index (κ1) is 13.6. The third-order valence-electron chi connectivity index (χ3n) is 4.58. The van der Waals surface area contributed by atoms with E-state index in [0.717, 1.165) is 45.4 Å². The molecule has 1 amide bonds. The van der Waals surface area contributed by atoms with Crippen molar-refractivity contribution in [2.75, 3.05) is 26.2 Å². The standard InChI is InChI=1S/C15H24N4O/c20-15(5-4-13-6-8-16-11-13)18-9-1-3-14(12-18)19-10-2-7-17-19/h2,7,10,13-14,16H,1,3-6,8-9,11-12H2. The van der Waals surface area contributed by atoms with Crippen molar-refractivity contribution in [3.63, 3.8) is 0 Å². The van der Waals surface area contributed by atoms with Gasteiger partial charge in [0.15, 0.2) is 0 Å². The van der Waals surface area contributed by atoms with Crippen LogP contribution in [0.2, 0.25) is 0 Å². The molecular formula is C15H24N4O. The van der Waals surface area contributed by atoms with Crippen LogP contribution in [0.25, 0.3) is 0 Å². The van der Waals surface area contributed by atoms with Gasteiger partial charge >= 0.3 is 0 Å². The third kappa shape index (κ3) is 3.20. The first-order chi connectivity index (χ1) is 9.83. The Morgan fingerprint density at radius 1 is 1.40 bits per heavy atom. The number of aromatic nitrogens is 2. The minimum atomic E-state index is 0.328. The Balaban J connectivity index is 1.49. The lowest BCUT2D eigenvalue weighted by atomic mass is 10.0. The number of hydrogen-bond donors (Lipinski definition) is 1. The Morgan fingerprint density at radius 2 is 2.35 bits per heavy atom. The maximum atomic E-state index is 12.3. The van der Waals surface area contributed by atoms with E-state index in [0.29, 0.717) is 24.3 Å². The van der Waals surface area contributed by atoms with Gasteiger partial charge in [0.05, 0.1) is 6.04 Å². The summed E-state index contributed by atoms with van der Waals surface area (Å²) in [5.74, 6) is 1.03. The second-order valence-electron chi connectivity index (χ2n) is 6.02. The number of hydrogen-bond acceptors (Lipinski definition) is 3. The van der Waals surface area contributed by atoms with Crippen LogP contribution in [0.1, 0.15) is 38.1 Å². The van der Waals surface area contributed by atoms with Crippen LogP contribution >= 0.6 is 0 Å². The molecule has 0 aliphatic carbocycles. The van der Waals surface area contributed by atoms with Gasteiger partial charge in [-0.1, -0.05) is 0 Å². The van der Waals surface area contributed by atoms with Crippen LogP contribution < -0.4 is 5.32 Å². The fraction of sp³-hybridized carbons (Fsp3) is 0.733. The lowest BCUT2D eigenvalue weighted by Gasteiger charge is -2.33. The molecule has 1 N–H and O–H groups in total. The highest BCUT2D eigenvalue weighted by molar-refractivity contribution is 5.76. The SMILES string of the molecule is O=C(CCC1CCNC1)N1CCCC(n2cccn2)C1. The molecule has 2 aliphatic rings. The smallest absolute Gasteiger partial charge is 0.222 e. The Hall–Kier alpha value is -1.36. The zero-order valence-corrected chi connectivity index (χ0v) is 12.0. The van der Waals surface area contributed by atoms with Gasteiger partial charge in [0.25, 0.3) is 0 Å². The highest BCUT2D eigenvalue weighted by atomic mass is 16.2. The predicted molar refractivity (Wildman–Crippen MR) is 77.3 cm³/mol. The van der Waals surface area contributed by atoms with E-state index in [4.69, 9.17) is 0 Å². The molecule has 5 heteroatoms. The molecular weight excluding hydrogens is 252 g/mol. The van der Waals surface area contributed by atoms with Gasteiger partial charge in [-0.15, -0.1) is 0 Å². The minimum Gasteiger partial charge on any atom is -0.341 e. The van der Waals surface area contributed by atoms with Gasteiger partial charge in [-0.2, -0.15) is 5.10 Å². The second-order valence-corrected chi connectivity index (χ2v) is 6.02. The van der Waals surface area contributed by atoms with E-state index in [1.807, 2.05) is 28.0 Å². The Kier molecular flexibility index (Phi) is 4.35. The van der Waals surface area contributed by atoms with Crippen molar-refractivity contribution >= 4 is 5.91 Å². The van der Waals surface area contributed by atoms with E-state index < -0.39 is 0 Å². The Morgan fingerprint density at radius 3 is 3.10 bits per heavy atom. The van der Waals surface area contributed by atoms with Gasteiger partial charge in [-0.3, -0.25) is 9.48 Å². The fourth-order valence-corrected chi connectivity index (χ4v) is 3.34. The molecule has 1 aromatic heterocycles. The molecule has 5 nitrogen and oxygen atoms in total. The van der Waals surface area contributed by atoms with Crippen LogP contribution in [-0.4, -0.2) is 46.8 Å². The zero-order chi connectivity index (χ0) is 13.8. The average molecular weight is 276 g/mol. The van der Waals surface area contributed by atoms with Crippen molar-refractivity contribution in [1.82, 2.24) is 20.0 Å². The number of rotatable bonds is 4. The van der Waals surface area contributed by atoms with Crippen LogP contribution in [0.5, 0.6) is 0 Å². The Labute approximate surface area is 120 Å². The van der Waals surface area contributed by atoms with Gasteiger partial charge < -0.3 is 10.2 Å². The normalized spacial score (nSPS) is 26.9. The van der Waals surface area contributed by atoms with E-state index in [1.54, 1.807) is 0 Å². The summed E-state index contributed by atoms with van der Waals surface area (Å²) in [4.78, 5) is 14.4. The number of amides is 1. The quantitative estimate of drug-likeness (QED) is 0.905. The summed E-state index contributed by atoms with van der Waals surface area (Å²) in [6.07, 6.45) is 8.99. The summed E-state index contributed by atoms with van der Waals surface area (Å²) in [5.41, 5.74) is 0. The molecule has 0 bridgehead atoms. The summed E-state index contributed by atoms with van der Waals surface area (Å²) < 4.78 is 2.00. The summed E-state index contributed by atoms with van der Waals surface area (Å²) in [5, 5.41) is 7.68. The topological polar surface area (TPSA) is 50.2 Å². The molecule has 3 heterocycles. The number of nitrogens with zero attached hydrogens (tertiary/aromatic N) is 3. The molecule has 0 aromatic carbocycles. The Bertz CT molecular complexity index is 425. The summed E-state index contributed by atoms with van der Waals surface area (Å²) in [6, 6.07) is 2.31. The number of piperidine rings is 1. The van der Waals surface area contributed by atoms with Gasteiger partial charge in [0.2, 0.25) is 5.91 Å². The number of likely N-dealkylation sites (tertiary alicyclic amines) is 1. The summed E-state index contributed by atoms with van der Waals surface area (Å²) >= 11 is 0. The number of carbonyl (C=O) groups excluding carboxylic acids is 1.